The maximum absolute atomic E-state index is 4.56. The lowest BCUT2D eigenvalue weighted by atomic mass is 10.0. The molecular formula is C16H14IN. The van der Waals surface area contributed by atoms with Gasteiger partial charge in [0.1, 0.15) is 0 Å². The topological polar surface area (TPSA) is 12.9 Å². The van der Waals surface area contributed by atoms with Crippen LogP contribution in [0.1, 0.15) is 5.69 Å². The van der Waals surface area contributed by atoms with E-state index >= 15 is 0 Å². The number of hydrogen-bond acceptors (Lipinski definition) is 1. The molecule has 0 atom stereocenters. The number of rotatable bonds is 1. The van der Waals surface area contributed by atoms with Crippen LogP contribution in [0.5, 0.6) is 0 Å². The third kappa shape index (κ3) is 2.38. The van der Waals surface area contributed by atoms with Crippen molar-refractivity contribution in [3.05, 3.63) is 66.4 Å². The second-order valence-corrected chi connectivity index (χ2v) is 4.19. The van der Waals surface area contributed by atoms with E-state index in [4.69, 9.17) is 0 Å². The molecule has 0 saturated carbocycles. The first-order valence-electron chi connectivity index (χ1n) is 5.76. The lowest BCUT2D eigenvalue weighted by Crippen LogP contribution is -1.87. The molecule has 0 aliphatic rings. The maximum Gasteiger partial charge on any atom is 0.0711 e. The van der Waals surface area contributed by atoms with Crippen LogP contribution in [0.15, 0.2) is 60.7 Å². The van der Waals surface area contributed by atoms with Crippen molar-refractivity contribution >= 4 is 34.9 Å². The summed E-state index contributed by atoms with van der Waals surface area (Å²) in [4.78, 5) is 4.56. The van der Waals surface area contributed by atoms with Crippen molar-refractivity contribution in [3.63, 3.8) is 0 Å². The van der Waals surface area contributed by atoms with E-state index in [1.807, 2.05) is 19.1 Å². The van der Waals surface area contributed by atoms with E-state index in [-0.39, 0.29) is 24.0 Å². The summed E-state index contributed by atoms with van der Waals surface area (Å²) in [5.41, 5.74) is 4.62. The smallest absolute Gasteiger partial charge is 0.0711 e. The Morgan fingerprint density at radius 3 is 2.28 bits per heavy atom. The molecule has 0 spiro atoms. The maximum atomic E-state index is 4.56. The number of benzene rings is 2. The minimum Gasteiger partial charge on any atom is -0.253 e. The zero-order chi connectivity index (χ0) is 11.7. The second-order valence-electron chi connectivity index (χ2n) is 4.19. The molecule has 2 aromatic carbocycles. The van der Waals surface area contributed by atoms with Gasteiger partial charge in [-0.15, -0.1) is 24.0 Å². The fourth-order valence-corrected chi connectivity index (χ4v) is 2.16. The van der Waals surface area contributed by atoms with Crippen LogP contribution in [-0.4, -0.2) is 4.98 Å². The highest BCUT2D eigenvalue weighted by atomic mass is 127. The molecule has 1 aromatic heterocycles. The van der Waals surface area contributed by atoms with Crippen LogP contribution in [0.3, 0.4) is 0 Å². The Morgan fingerprint density at radius 1 is 0.833 bits per heavy atom. The Bertz CT molecular complexity index is 662. The standard InChI is InChI=1S/C16H13N.HI/c1-12-11-15(13-7-3-2-4-8-13)14-9-5-6-10-16(14)17-12;/h2-11H,1H3;1H. The molecule has 3 rings (SSSR count). The average molecular weight is 347 g/mol. The highest BCUT2D eigenvalue weighted by Crippen LogP contribution is 2.28. The molecule has 0 amide bonds. The lowest BCUT2D eigenvalue weighted by Gasteiger charge is -2.07. The van der Waals surface area contributed by atoms with Crippen molar-refractivity contribution in [3.8, 4) is 11.1 Å². The summed E-state index contributed by atoms with van der Waals surface area (Å²) in [6.07, 6.45) is 0. The Kier molecular flexibility index (Phi) is 3.97. The summed E-state index contributed by atoms with van der Waals surface area (Å²) < 4.78 is 0. The fraction of sp³-hybridized carbons (Fsp3) is 0.0625. The second kappa shape index (κ2) is 5.48. The van der Waals surface area contributed by atoms with Gasteiger partial charge in [-0.2, -0.15) is 0 Å². The normalized spacial score (nSPS) is 10.1. The summed E-state index contributed by atoms with van der Waals surface area (Å²) >= 11 is 0. The van der Waals surface area contributed by atoms with E-state index in [9.17, 15) is 0 Å². The van der Waals surface area contributed by atoms with Gasteiger partial charge < -0.3 is 0 Å². The Labute approximate surface area is 124 Å². The van der Waals surface area contributed by atoms with E-state index in [0.717, 1.165) is 11.2 Å². The molecule has 0 unspecified atom stereocenters. The Hall–Kier alpha value is -1.42. The monoisotopic (exact) mass is 347 g/mol. The number of nitrogens with zero attached hydrogens (tertiary/aromatic N) is 1. The number of halogens is 1. The molecular weight excluding hydrogens is 333 g/mol. The van der Waals surface area contributed by atoms with Crippen molar-refractivity contribution in [1.82, 2.24) is 4.98 Å². The number of aryl methyl sites for hydroxylation is 1. The molecule has 18 heavy (non-hydrogen) atoms. The first-order chi connectivity index (χ1) is 8.34. The van der Waals surface area contributed by atoms with Crippen LogP contribution in [-0.2, 0) is 0 Å². The summed E-state index contributed by atoms with van der Waals surface area (Å²) in [5.74, 6) is 0. The molecule has 0 saturated heterocycles. The SMILES string of the molecule is Cc1cc(-c2ccccc2)c2ccccc2n1.I. The summed E-state index contributed by atoms with van der Waals surface area (Å²) in [5, 5.41) is 1.21. The molecule has 0 aliphatic carbocycles. The Balaban J connectivity index is 0.00000120. The predicted octanol–water partition coefficient (Wildman–Crippen LogP) is 4.83. The summed E-state index contributed by atoms with van der Waals surface area (Å²) in [6.45, 7) is 2.04. The zero-order valence-corrected chi connectivity index (χ0v) is 12.5. The van der Waals surface area contributed by atoms with Crippen LogP contribution in [0, 0.1) is 6.92 Å². The van der Waals surface area contributed by atoms with Crippen LogP contribution in [0.2, 0.25) is 0 Å². The molecule has 0 bridgehead atoms. The van der Waals surface area contributed by atoms with Gasteiger partial charge in [0.2, 0.25) is 0 Å². The van der Waals surface area contributed by atoms with E-state index in [1.165, 1.54) is 16.5 Å². The highest BCUT2D eigenvalue weighted by molar-refractivity contribution is 14.0. The van der Waals surface area contributed by atoms with Crippen molar-refractivity contribution < 1.29 is 0 Å². The van der Waals surface area contributed by atoms with Gasteiger partial charge in [0, 0.05) is 11.1 Å². The Morgan fingerprint density at radius 2 is 1.50 bits per heavy atom. The van der Waals surface area contributed by atoms with Crippen molar-refractivity contribution in [1.29, 1.82) is 0 Å². The van der Waals surface area contributed by atoms with Gasteiger partial charge in [-0.3, -0.25) is 4.98 Å². The first-order valence-corrected chi connectivity index (χ1v) is 5.76. The number of hydrogen-bond donors (Lipinski definition) is 0. The van der Waals surface area contributed by atoms with E-state index < -0.39 is 0 Å². The van der Waals surface area contributed by atoms with E-state index in [0.29, 0.717) is 0 Å². The van der Waals surface area contributed by atoms with E-state index in [2.05, 4.69) is 53.5 Å². The van der Waals surface area contributed by atoms with Gasteiger partial charge in [-0.25, -0.2) is 0 Å². The number of fused-ring (bicyclic) bond motifs is 1. The summed E-state index contributed by atoms with van der Waals surface area (Å²) in [6, 6.07) is 20.9. The molecule has 0 aliphatic heterocycles. The van der Waals surface area contributed by atoms with Gasteiger partial charge in [-0.05, 0) is 30.2 Å². The third-order valence-corrected chi connectivity index (χ3v) is 2.93. The molecule has 3 aromatic rings. The average Bonchev–Trinajstić information content (AvgIpc) is 2.39. The first kappa shape index (κ1) is 13.0. The third-order valence-electron chi connectivity index (χ3n) is 2.93. The highest BCUT2D eigenvalue weighted by Gasteiger charge is 2.04. The summed E-state index contributed by atoms with van der Waals surface area (Å²) in [7, 11) is 0. The molecule has 90 valence electrons. The van der Waals surface area contributed by atoms with Crippen molar-refractivity contribution in [2.75, 3.05) is 0 Å². The van der Waals surface area contributed by atoms with Crippen molar-refractivity contribution in [2.45, 2.75) is 6.92 Å². The molecule has 0 radical (unpaired) electrons. The zero-order valence-electron chi connectivity index (χ0n) is 10.1. The largest absolute Gasteiger partial charge is 0.253 e. The van der Waals surface area contributed by atoms with Gasteiger partial charge in [-0.1, -0.05) is 48.5 Å². The molecule has 0 fully saturated rings. The number of aromatic nitrogens is 1. The minimum absolute atomic E-state index is 0. The minimum atomic E-state index is 0. The molecule has 2 heteroatoms. The van der Waals surface area contributed by atoms with Crippen LogP contribution >= 0.6 is 24.0 Å². The van der Waals surface area contributed by atoms with Gasteiger partial charge in [0.15, 0.2) is 0 Å². The molecule has 1 heterocycles. The van der Waals surface area contributed by atoms with Gasteiger partial charge in [0.25, 0.3) is 0 Å². The fourth-order valence-electron chi connectivity index (χ4n) is 2.16. The number of para-hydroxylation sites is 1. The molecule has 1 nitrogen and oxygen atoms in total. The predicted molar refractivity (Wildman–Crippen MR) is 87.3 cm³/mol. The molecule has 0 N–H and O–H groups in total. The number of pyridine rings is 1. The van der Waals surface area contributed by atoms with Gasteiger partial charge in [0.05, 0.1) is 5.52 Å². The lowest BCUT2D eigenvalue weighted by molar-refractivity contribution is 1.26. The van der Waals surface area contributed by atoms with Crippen LogP contribution < -0.4 is 0 Å². The van der Waals surface area contributed by atoms with Crippen LogP contribution in [0.25, 0.3) is 22.0 Å². The van der Waals surface area contributed by atoms with Gasteiger partial charge >= 0.3 is 0 Å². The van der Waals surface area contributed by atoms with Crippen molar-refractivity contribution in [2.24, 2.45) is 0 Å². The van der Waals surface area contributed by atoms with Crippen LogP contribution in [0.4, 0.5) is 0 Å². The van der Waals surface area contributed by atoms with E-state index in [1.54, 1.807) is 0 Å². The quantitative estimate of drug-likeness (QED) is 0.575.